The van der Waals surface area contributed by atoms with E-state index in [4.69, 9.17) is 9.88 Å². The van der Waals surface area contributed by atoms with Crippen molar-refractivity contribution in [3.05, 3.63) is 71.8 Å². The van der Waals surface area contributed by atoms with Crippen LogP contribution in [-0.2, 0) is 26.6 Å². The van der Waals surface area contributed by atoms with Crippen LogP contribution < -0.4 is 20.5 Å². The fourth-order valence-corrected chi connectivity index (χ4v) is 4.27. The molecular formula is C25H31N3O4S2. The first kappa shape index (κ1) is 27.5. The topological polar surface area (TPSA) is 111 Å². The van der Waals surface area contributed by atoms with Gasteiger partial charge in [-0.15, -0.1) is 11.8 Å². The third kappa shape index (κ3) is 8.89. The Bertz CT molecular complexity index is 999. The molecule has 2 amide bonds. The Balaban J connectivity index is 1.84. The second-order valence-corrected chi connectivity index (χ2v) is 9.22. The largest absolute Gasteiger partial charge is 0.496 e. The van der Waals surface area contributed by atoms with E-state index in [1.807, 2.05) is 36.4 Å². The van der Waals surface area contributed by atoms with Gasteiger partial charge in [-0.1, -0.05) is 49.9 Å². The molecule has 2 rings (SSSR count). The molecule has 0 saturated carbocycles. The number of nitrogens with two attached hydrogens (primary N) is 1. The van der Waals surface area contributed by atoms with Gasteiger partial charge >= 0.3 is 0 Å². The molecule has 7 nitrogen and oxygen atoms in total. The van der Waals surface area contributed by atoms with E-state index in [1.54, 1.807) is 19.1 Å². The van der Waals surface area contributed by atoms with Crippen LogP contribution >= 0.6 is 23.7 Å². The average Bonchev–Trinajstić information content (AvgIpc) is 2.85. The van der Waals surface area contributed by atoms with E-state index in [1.165, 1.54) is 18.9 Å². The minimum Gasteiger partial charge on any atom is -0.496 e. The van der Waals surface area contributed by atoms with Crippen LogP contribution in [0.25, 0.3) is 4.91 Å². The highest BCUT2D eigenvalue weighted by atomic mass is 32.2. The van der Waals surface area contributed by atoms with Gasteiger partial charge in [0.05, 0.1) is 25.8 Å². The first-order valence-electron chi connectivity index (χ1n) is 10.8. The molecule has 9 heteroatoms. The molecule has 0 saturated heterocycles. The number of carbonyl (C=O) groups is 3. The standard InChI is InChI=1S/C25H31N3O4S2/c1-4-22(25(31)27-14-21(29)16-33-15-18-8-6-5-7-9-18)28-24(30)13-20-12-19(17(2)34-26)10-11-23(20)32-3/h5-12,22H,2,4,13-16,26H2,1,3H3,(H,27,31)(H,28,30)/t22-/m0/s1. The lowest BCUT2D eigenvalue weighted by atomic mass is 10.1. The molecule has 0 bridgehead atoms. The van der Waals surface area contributed by atoms with E-state index < -0.39 is 6.04 Å². The zero-order valence-corrected chi connectivity index (χ0v) is 21.1. The van der Waals surface area contributed by atoms with E-state index in [-0.39, 0.29) is 30.6 Å². The zero-order valence-electron chi connectivity index (χ0n) is 19.5. The summed E-state index contributed by atoms with van der Waals surface area (Å²) in [5.41, 5.74) is 2.60. The van der Waals surface area contributed by atoms with Gasteiger partial charge in [-0.25, -0.2) is 0 Å². The van der Waals surface area contributed by atoms with E-state index >= 15 is 0 Å². The molecule has 0 aliphatic rings. The first-order valence-corrected chi connectivity index (χ1v) is 12.8. The van der Waals surface area contributed by atoms with E-state index in [0.29, 0.717) is 28.4 Å². The van der Waals surface area contributed by atoms with E-state index in [2.05, 4.69) is 17.2 Å². The normalized spacial score (nSPS) is 11.4. The molecule has 0 spiro atoms. The summed E-state index contributed by atoms with van der Waals surface area (Å²) in [7, 11) is 1.53. The second-order valence-electron chi connectivity index (χ2n) is 7.51. The molecule has 4 N–H and O–H groups in total. The third-order valence-electron chi connectivity index (χ3n) is 4.99. The summed E-state index contributed by atoms with van der Waals surface area (Å²) in [4.78, 5) is 38.0. The molecule has 34 heavy (non-hydrogen) atoms. The second kappa shape index (κ2) is 14.5. The van der Waals surface area contributed by atoms with Gasteiger partial charge in [-0.2, -0.15) is 0 Å². The fourth-order valence-electron chi connectivity index (χ4n) is 3.15. The van der Waals surface area contributed by atoms with Crippen LogP contribution in [0.2, 0.25) is 0 Å². The summed E-state index contributed by atoms with van der Waals surface area (Å²) in [5.74, 6) is 0.815. The minimum atomic E-state index is -0.735. The van der Waals surface area contributed by atoms with Crippen molar-refractivity contribution in [2.45, 2.75) is 31.6 Å². The molecule has 0 radical (unpaired) electrons. The molecule has 2 aromatic carbocycles. The molecule has 0 aliphatic carbocycles. The van der Waals surface area contributed by atoms with Crippen LogP contribution in [0.15, 0.2) is 55.1 Å². The Hall–Kier alpha value is -2.75. The van der Waals surface area contributed by atoms with Crippen molar-refractivity contribution < 1.29 is 19.1 Å². The number of hydrogen-bond acceptors (Lipinski definition) is 7. The number of thioether (sulfide) groups is 1. The Kier molecular flexibility index (Phi) is 11.7. The predicted octanol–water partition coefficient (Wildman–Crippen LogP) is 3.33. The van der Waals surface area contributed by atoms with Gasteiger partial charge in [0, 0.05) is 16.2 Å². The maximum atomic E-state index is 12.7. The van der Waals surface area contributed by atoms with Crippen LogP contribution in [-0.4, -0.2) is 43.0 Å². The number of rotatable bonds is 14. The summed E-state index contributed by atoms with van der Waals surface area (Å²) >= 11 is 2.53. The average molecular weight is 502 g/mol. The van der Waals surface area contributed by atoms with Gasteiger partial charge in [0.25, 0.3) is 0 Å². The summed E-state index contributed by atoms with van der Waals surface area (Å²) in [5, 5.41) is 11.0. The van der Waals surface area contributed by atoms with Gasteiger partial charge < -0.3 is 15.4 Å². The van der Waals surface area contributed by atoms with Crippen molar-refractivity contribution in [2.24, 2.45) is 5.14 Å². The summed E-state index contributed by atoms with van der Waals surface area (Å²) in [6, 6.07) is 14.5. The highest BCUT2D eigenvalue weighted by Gasteiger charge is 2.20. The molecule has 1 atom stereocenters. The third-order valence-corrected chi connectivity index (χ3v) is 6.57. The van der Waals surface area contributed by atoms with Gasteiger partial charge in [-0.3, -0.25) is 19.5 Å². The van der Waals surface area contributed by atoms with Crippen molar-refractivity contribution in [3.8, 4) is 5.75 Å². The van der Waals surface area contributed by atoms with Gasteiger partial charge in [0.2, 0.25) is 11.8 Å². The highest BCUT2D eigenvalue weighted by Crippen LogP contribution is 2.27. The number of ether oxygens (including phenoxy) is 1. The number of benzene rings is 2. The summed E-state index contributed by atoms with van der Waals surface area (Å²) < 4.78 is 5.35. The van der Waals surface area contributed by atoms with Gasteiger partial charge in [0.1, 0.15) is 11.8 Å². The molecule has 2 aromatic rings. The van der Waals surface area contributed by atoms with E-state index in [0.717, 1.165) is 28.8 Å². The number of hydrogen-bond donors (Lipinski definition) is 3. The van der Waals surface area contributed by atoms with Crippen LogP contribution in [0, 0.1) is 0 Å². The van der Waals surface area contributed by atoms with Crippen LogP contribution in [0.5, 0.6) is 5.75 Å². The lowest BCUT2D eigenvalue weighted by molar-refractivity contribution is -0.129. The Labute approximate surface area is 209 Å². The van der Waals surface area contributed by atoms with Gasteiger partial charge in [-0.05, 0) is 41.6 Å². The lowest BCUT2D eigenvalue weighted by Crippen LogP contribution is -2.48. The molecule has 0 aliphatic heterocycles. The number of Topliss-reactive ketones (excluding diaryl/α,β-unsaturated/α-hetero) is 1. The number of carbonyl (C=O) groups excluding carboxylic acids is 3. The molecule has 0 aromatic heterocycles. The Morgan fingerprint density at radius 2 is 1.88 bits per heavy atom. The van der Waals surface area contributed by atoms with Crippen molar-refractivity contribution in [3.63, 3.8) is 0 Å². The Morgan fingerprint density at radius 1 is 1.15 bits per heavy atom. The minimum absolute atomic E-state index is 0.0262. The van der Waals surface area contributed by atoms with Crippen molar-refractivity contribution >= 4 is 46.2 Å². The molecular weight excluding hydrogens is 470 g/mol. The predicted molar refractivity (Wildman–Crippen MR) is 140 cm³/mol. The number of methoxy groups -OCH3 is 1. The van der Waals surface area contributed by atoms with Crippen molar-refractivity contribution in [1.82, 2.24) is 10.6 Å². The zero-order chi connectivity index (χ0) is 24.9. The van der Waals surface area contributed by atoms with Crippen LogP contribution in [0.3, 0.4) is 0 Å². The van der Waals surface area contributed by atoms with E-state index in [9.17, 15) is 14.4 Å². The number of ketones is 1. The maximum absolute atomic E-state index is 12.7. The van der Waals surface area contributed by atoms with Crippen molar-refractivity contribution in [1.29, 1.82) is 0 Å². The molecule has 0 heterocycles. The number of nitrogens with one attached hydrogen (secondary N) is 2. The summed E-state index contributed by atoms with van der Waals surface area (Å²) in [6.07, 6.45) is 0.421. The quantitative estimate of drug-likeness (QED) is 0.341. The van der Waals surface area contributed by atoms with Gasteiger partial charge in [0.15, 0.2) is 5.78 Å². The molecule has 182 valence electrons. The summed E-state index contributed by atoms with van der Waals surface area (Å²) in [6.45, 7) is 5.62. The molecule has 0 unspecified atom stereocenters. The first-order chi connectivity index (χ1) is 16.4. The monoisotopic (exact) mass is 501 g/mol. The Morgan fingerprint density at radius 3 is 2.53 bits per heavy atom. The molecule has 0 fully saturated rings. The van der Waals surface area contributed by atoms with Crippen LogP contribution in [0.4, 0.5) is 0 Å². The van der Waals surface area contributed by atoms with Crippen molar-refractivity contribution in [2.75, 3.05) is 19.4 Å². The smallest absolute Gasteiger partial charge is 0.242 e. The highest BCUT2D eigenvalue weighted by molar-refractivity contribution is 8.06. The fraction of sp³-hybridized carbons (Fsp3) is 0.320. The lowest BCUT2D eigenvalue weighted by Gasteiger charge is -2.17. The maximum Gasteiger partial charge on any atom is 0.242 e. The number of amides is 2. The van der Waals surface area contributed by atoms with Crippen LogP contribution in [0.1, 0.15) is 30.0 Å². The SMILES string of the molecule is C=C(SN)c1ccc(OC)c(CC(=O)N[C@@H](CC)C(=O)NCC(=O)CSCc2ccccc2)c1.